The molecular formula is C13H14N4O3. The number of hydrogen-bond acceptors (Lipinski definition) is 6. The molecule has 20 heavy (non-hydrogen) atoms. The predicted octanol–water partition coefficient (Wildman–Crippen LogP) is 2.31. The van der Waals surface area contributed by atoms with E-state index in [1.54, 1.807) is 38.5 Å². The van der Waals surface area contributed by atoms with Gasteiger partial charge in [0, 0.05) is 18.7 Å². The highest BCUT2D eigenvalue weighted by Gasteiger charge is 2.10. The molecule has 0 radical (unpaired) electrons. The molecule has 1 aromatic carbocycles. The Labute approximate surface area is 115 Å². The van der Waals surface area contributed by atoms with Crippen LogP contribution in [0.1, 0.15) is 11.3 Å². The van der Waals surface area contributed by atoms with Crippen LogP contribution in [0.3, 0.4) is 0 Å². The second-order valence-electron chi connectivity index (χ2n) is 4.14. The Hall–Kier alpha value is -2.70. The number of aromatic nitrogens is 2. The van der Waals surface area contributed by atoms with E-state index < -0.39 is 4.92 Å². The number of nitrogens with one attached hydrogen (secondary N) is 1. The highest BCUT2D eigenvalue weighted by atomic mass is 16.6. The smallest absolute Gasteiger partial charge is 0.272 e. The molecule has 7 heteroatoms. The molecule has 0 saturated carbocycles. The van der Waals surface area contributed by atoms with Crippen LogP contribution in [0.4, 0.5) is 11.5 Å². The summed E-state index contributed by atoms with van der Waals surface area (Å²) in [6.45, 7) is 1.93. The van der Waals surface area contributed by atoms with Crippen LogP contribution in [0.2, 0.25) is 0 Å². The first-order valence-electron chi connectivity index (χ1n) is 5.96. The van der Waals surface area contributed by atoms with Crippen LogP contribution in [0.15, 0.2) is 30.6 Å². The van der Waals surface area contributed by atoms with Crippen molar-refractivity contribution in [2.45, 2.75) is 13.5 Å². The van der Waals surface area contributed by atoms with Gasteiger partial charge >= 0.3 is 0 Å². The van der Waals surface area contributed by atoms with E-state index in [1.165, 1.54) is 6.07 Å². The lowest BCUT2D eigenvalue weighted by Crippen LogP contribution is -2.01. The van der Waals surface area contributed by atoms with Crippen molar-refractivity contribution < 1.29 is 9.66 Å². The number of nitro benzene ring substituents is 1. The molecule has 2 rings (SSSR count). The van der Waals surface area contributed by atoms with E-state index in [1.807, 2.05) is 0 Å². The molecule has 0 bridgehead atoms. The van der Waals surface area contributed by atoms with E-state index in [-0.39, 0.29) is 12.3 Å². The molecule has 1 aromatic heterocycles. The van der Waals surface area contributed by atoms with Gasteiger partial charge in [-0.25, -0.2) is 4.98 Å². The fourth-order valence-electron chi connectivity index (χ4n) is 1.64. The van der Waals surface area contributed by atoms with Crippen molar-refractivity contribution in [3.8, 4) is 5.75 Å². The zero-order chi connectivity index (χ0) is 14.5. The van der Waals surface area contributed by atoms with Crippen molar-refractivity contribution in [3.05, 3.63) is 52.0 Å². The molecule has 0 unspecified atom stereocenters. The Morgan fingerprint density at radius 3 is 2.70 bits per heavy atom. The number of hydrogen-bond donors (Lipinski definition) is 1. The van der Waals surface area contributed by atoms with E-state index in [0.29, 0.717) is 22.8 Å². The average molecular weight is 274 g/mol. The van der Waals surface area contributed by atoms with Gasteiger partial charge in [-0.05, 0) is 19.1 Å². The highest BCUT2D eigenvalue weighted by Crippen LogP contribution is 2.23. The summed E-state index contributed by atoms with van der Waals surface area (Å²) in [5.41, 5.74) is 1.32. The summed E-state index contributed by atoms with van der Waals surface area (Å²) >= 11 is 0. The molecular weight excluding hydrogens is 260 g/mol. The fraction of sp³-hybridized carbons (Fsp3) is 0.231. The Morgan fingerprint density at radius 1 is 1.35 bits per heavy atom. The molecule has 104 valence electrons. The molecule has 0 amide bonds. The Kier molecular flexibility index (Phi) is 4.09. The average Bonchev–Trinajstić information content (AvgIpc) is 2.45. The van der Waals surface area contributed by atoms with E-state index >= 15 is 0 Å². The molecule has 0 aliphatic rings. The van der Waals surface area contributed by atoms with Crippen molar-refractivity contribution in [3.63, 3.8) is 0 Å². The minimum absolute atomic E-state index is 0.0792. The number of benzene rings is 1. The standard InChI is InChI=1S/C13H14N4O3/c1-9-5-11(3-4-12(9)17(18)19)20-8-10-6-16-13(14-2)7-15-10/h3-7H,8H2,1-2H3,(H,14,16). The van der Waals surface area contributed by atoms with Crippen LogP contribution in [0.25, 0.3) is 0 Å². The van der Waals surface area contributed by atoms with E-state index in [9.17, 15) is 10.1 Å². The number of aryl methyl sites for hydroxylation is 1. The molecule has 1 N–H and O–H groups in total. The molecule has 0 atom stereocenters. The maximum atomic E-state index is 10.7. The minimum atomic E-state index is -0.416. The lowest BCUT2D eigenvalue weighted by Gasteiger charge is -2.07. The Bertz CT molecular complexity index is 614. The third-order valence-electron chi connectivity index (χ3n) is 2.71. The molecule has 1 heterocycles. The van der Waals surface area contributed by atoms with Crippen molar-refractivity contribution >= 4 is 11.5 Å². The summed E-state index contributed by atoms with van der Waals surface area (Å²) in [7, 11) is 1.76. The van der Waals surface area contributed by atoms with Crippen LogP contribution in [-0.2, 0) is 6.61 Å². The second-order valence-corrected chi connectivity index (χ2v) is 4.14. The first-order chi connectivity index (χ1) is 9.60. The lowest BCUT2D eigenvalue weighted by atomic mass is 10.2. The van der Waals surface area contributed by atoms with Crippen LogP contribution in [-0.4, -0.2) is 21.9 Å². The fourth-order valence-corrected chi connectivity index (χ4v) is 1.64. The van der Waals surface area contributed by atoms with Gasteiger partial charge in [-0.2, -0.15) is 0 Å². The van der Waals surface area contributed by atoms with Gasteiger partial charge < -0.3 is 10.1 Å². The van der Waals surface area contributed by atoms with Crippen LogP contribution in [0, 0.1) is 17.0 Å². The summed E-state index contributed by atoms with van der Waals surface area (Å²) in [6, 6.07) is 4.63. The first-order valence-corrected chi connectivity index (χ1v) is 5.96. The molecule has 0 aliphatic carbocycles. The molecule has 0 fully saturated rings. The highest BCUT2D eigenvalue weighted by molar-refractivity contribution is 5.44. The van der Waals surface area contributed by atoms with Crippen LogP contribution in [0.5, 0.6) is 5.75 Å². The number of nitrogens with zero attached hydrogens (tertiary/aromatic N) is 3. The van der Waals surface area contributed by atoms with Gasteiger partial charge in [-0.3, -0.25) is 15.1 Å². The van der Waals surface area contributed by atoms with Crippen molar-refractivity contribution in [2.75, 3.05) is 12.4 Å². The van der Waals surface area contributed by atoms with Gasteiger partial charge in [0.25, 0.3) is 5.69 Å². The van der Waals surface area contributed by atoms with Crippen molar-refractivity contribution in [1.82, 2.24) is 9.97 Å². The third kappa shape index (κ3) is 3.19. The normalized spacial score (nSPS) is 10.1. The number of nitro groups is 1. The van der Waals surface area contributed by atoms with Gasteiger partial charge in [0.2, 0.25) is 0 Å². The molecule has 7 nitrogen and oxygen atoms in total. The van der Waals surface area contributed by atoms with Crippen LogP contribution < -0.4 is 10.1 Å². The third-order valence-corrected chi connectivity index (χ3v) is 2.71. The summed E-state index contributed by atoms with van der Waals surface area (Å²) < 4.78 is 5.54. The second kappa shape index (κ2) is 5.96. The number of rotatable bonds is 5. The van der Waals surface area contributed by atoms with E-state index in [4.69, 9.17) is 4.74 Å². The van der Waals surface area contributed by atoms with Crippen molar-refractivity contribution in [1.29, 1.82) is 0 Å². The van der Waals surface area contributed by atoms with Gasteiger partial charge in [-0.15, -0.1) is 0 Å². The van der Waals surface area contributed by atoms with Gasteiger partial charge in [0.15, 0.2) is 0 Å². The summed E-state index contributed by atoms with van der Waals surface area (Å²) in [5, 5.41) is 13.6. The van der Waals surface area contributed by atoms with Gasteiger partial charge in [0.1, 0.15) is 18.2 Å². The molecule has 0 aliphatic heterocycles. The molecule has 0 saturated heterocycles. The van der Waals surface area contributed by atoms with Crippen LogP contribution >= 0.6 is 0 Å². The molecule has 2 aromatic rings. The summed E-state index contributed by atoms with van der Waals surface area (Å²) in [6.07, 6.45) is 3.23. The minimum Gasteiger partial charge on any atom is -0.487 e. The van der Waals surface area contributed by atoms with Gasteiger partial charge in [-0.1, -0.05) is 0 Å². The topological polar surface area (TPSA) is 90.2 Å². The number of ether oxygens (including phenoxy) is 1. The largest absolute Gasteiger partial charge is 0.487 e. The number of anilines is 1. The quantitative estimate of drug-likeness (QED) is 0.664. The molecule has 0 spiro atoms. The van der Waals surface area contributed by atoms with E-state index in [0.717, 1.165) is 0 Å². The first kappa shape index (κ1) is 13.7. The lowest BCUT2D eigenvalue weighted by molar-refractivity contribution is -0.385. The monoisotopic (exact) mass is 274 g/mol. The maximum Gasteiger partial charge on any atom is 0.272 e. The zero-order valence-electron chi connectivity index (χ0n) is 11.2. The zero-order valence-corrected chi connectivity index (χ0v) is 11.2. The van der Waals surface area contributed by atoms with Crippen molar-refractivity contribution in [2.24, 2.45) is 0 Å². The maximum absolute atomic E-state index is 10.7. The Balaban J connectivity index is 2.03. The summed E-state index contributed by atoms with van der Waals surface area (Å²) in [4.78, 5) is 18.6. The Morgan fingerprint density at radius 2 is 2.15 bits per heavy atom. The van der Waals surface area contributed by atoms with E-state index in [2.05, 4.69) is 15.3 Å². The predicted molar refractivity (Wildman–Crippen MR) is 73.7 cm³/mol. The summed E-state index contributed by atoms with van der Waals surface area (Å²) in [5.74, 6) is 1.24. The van der Waals surface area contributed by atoms with Gasteiger partial charge in [0.05, 0.1) is 23.0 Å². The SMILES string of the molecule is CNc1cnc(COc2ccc([N+](=O)[O-])c(C)c2)cn1.